The fourth-order valence-corrected chi connectivity index (χ4v) is 10.3. The Kier molecular flexibility index (Phi) is 14.8. The Bertz CT molecular complexity index is 3020. The van der Waals surface area contributed by atoms with Gasteiger partial charge in [-0.2, -0.15) is 0 Å². The number of nitrogens with zero attached hydrogens (tertiary/aromatic N) is 6. The molecular weight excluding hydrogens is 953 g/mol. The number of rotatable bonds is 10. The van der Waals surface area contributed by atoms with Crippen molar-refractivity contribution < 1.29 is 37.4 Å². The zero-order valence-electron chi connectivity index (χ0n) is 37.6. The van der Waals surface area contributed by atoms with E-state index in [-0.39, 0.29) is 52.8 Å². The van der Waals surface area contributed by atoms with Gasteiger partial charge in [-0.05, 0) is 91.7 Å². The SMILES string of the molecule is C=C/C=C1\C=C(/OCc2ccnc(-c3ccc(S(C)(=N)=O)cc3)n2)C[C@H](C(=O)O)Oc2ncnc3sc(-c4ccc(F)cc4)c(c23)-c2c(C)c(Cl)c(c(Cl)c2C)O[C@H](CN2CCN(C)CC2)CO1. The van der Waals surface area contributed by atoms with Crippen LogP contribution in [0, 0.1) is 24.4 Å². The van der Waals surface area contributed by atoms with Gasteiger partial charge in [0, 0.05) is 72.2 Å². The Morgan fingerprint density at radius 2 is 1.69 bits per heavy atom. The summed E-state index contributed by atoms with van der Waals surface area (Å²) in [5, 5.41) is 11.8. The summed E-state index contributed by atoms with van der Waals surface area (Å²) < 4.78 is 60.8. The maximum atomic E-state index is 14.4. The van der Waals surface area contributed by atoms with Gasteiger partial charge in [0.05, 0.1) is 37.3 Å². The smallest absolute Gasteiger partial charge is 0.345 e. The number of piperazine rings is 1. The standard InChI is InChI=1S/C49H48Cl2FN7O7S2/c1-6-7-34-22-35(63-25-33-16-17-54-46(57-33)31-10-14-37(15-11-31)68(5,53)62)23-38(49(60)61)66-47-41-40(45(67-48(41)56-27-55-47)30-8-12-32(52)13-9-30)39-28(2)42(50)44(43(51)29(39)3)65-36(26-64-34)24-59-20-18-58(4)19-21-59/h6-17,22,27,36,38,53H,1,18-21,23-26H2,2-5H3,(H,60,61)/b34-7+,35-22-/t36-,38-,68?/m1/s1. The molecule has 3 aliphatic heterocycles. The van der Waals surface area contributed by atoms with Gasteiger partial charge >= 0.3 is 5.97 Å². The molecule has 6 heterocycles. The number of allylic oxidation sites excluding steroid dienone is 3. The summed E-state index contributed by atoms with van der Waals surface area (Å²) in [4.78, 5) is 37.6. The fourth-order valence-electron chi connectivity index (χ4n) is 7.97. The van der Waals surface area contributed by atoms with E-state index in [1.54, 1.807) is 66.9 Å². The Balaban J connectivity index is 1.25. The van der Waals surface area contributed by atoms with Crippen molar-refractivity contribution in [1.29, 1.82) is 4.78 Å². The lowest BCUT2D eigenvalue weighted by Gasteiger charge is -2.35. The zero-order valence-corrected chi connectivity index (χ0v) is 40.8. The molecule has 354 valence electrons. The van der Waals surface area contributed by atoms with Crippen LogP contribution in [0.15, 0.2) is 108 Å². The van der Waals surface area contributed by atoms with Crippen molar-refractivity contribution in [3.05, 3.63) is 136 Å². The molecule has 2 bridgehead atoms. The third kappa shape index (κ3) is 10.8. The second-order valence-electron chi connectivity index (χ2n) is 16.5. The van der Waals surface area contributed by atoms with Crippen LogP contribution in [-0.2, 0) is 30.6 Å². The molecule has 19 heteroatoms. The van der Waals surface area contributed by atoms with Crippen LogP contribution in [0.5, 0.6) is 11.6 Å². The molecule has 0 radical (unpaired) electrons. The van der Waals surface area contributed by atoms with Gasteiger partial charge in [0.25, 0.3) is 0 Å². The van der Waals surface area contributed by atoms with Crippen LogP contribution < -0.4 is 9.47 Å². The first kappa shape index (κ1) is 48.5. The second kappa shape index (κ2) is 20.7. The largest absolute Gasteiger partial charge is 0.491 e. The number of nitrogens with one attached hydrogen (secondary N) is 1. The number of thiophene rings is 1. The molecule has 9 rings (SSSR count). The highest BCUT2D eigenvalue weighted by Crippen LogP contribution is 2.53. The number of halogens is 3. The molecule has 2 N–H and O–H groups in total. The average Bonchev–Trinajstić information content (AvgIpc) is 3.70. The Morgan fingerprint density at radius 1 is 1.00 bits per heavy atom. The van der Waals surface area contributed by atoms with E-state index in [4.69, 9.17) is 51.9 Å². The second-order valence-corrected chi connectivity index (χ2v) is 20.4. The van der Waals surface area contributed by atoms with Crippen LogP contribution in [0.2, 0.25) is 10.0 Å². The maximum absolute atomic E-state index is 14.4. The number of benzene rings is 3. The first-order chi connectivity index (χ1) is 32.6. The number of fused-ring (bicyclic) bond motifs is 10. The van der Waals surface area contributed by atoms with E-state index in [0.29, 0.717) is 71.4 Å². The molecule has 14 nitrogen and oxygen atoms in total. The summed E-state index contributed by atoms with van der Waals surface area (Å²) in [6.45, 7) is 11.3. The third-order valence-electron chi connectivity index (χ3n) is 11.6. The lowest BCUT2D eigenvalue weighted by atomic mass is 9.92. The van der Waals surface area contributed by atoms with Gasteiger partial charge in [-0.25, -0.2) is 38.1 Å². The summed E-state index contributed by atoms with van der Waals surface area (Å²) in [5.74, 6) is -0.671. The maximum Gasteiger partial charge on any atom is 0.345 e. The number of ether oxygens (including phenoxy) is 4. The van der Waals surface area contributed by atoms with Crippen LogP contribution in [0.25, 0.3) is 43.2 Å². The highest BCUT2D eigenvalue weighted by molar-refractivity contribution is 7.91. The van der Waals surface area contributed by atoms with E-state index < -0.39 is 33.7 Å². The van der Waals surface area contributed by atoms with Crippen molar-refractivity contribution in [3.63, 3.8) is 0 Å². The predicted molar refractivity (Wildman–Crippen MR) is 262 cm³/mol. The summed E-state index contributed by atoms with van der Waals surface area (Å²) in [6, 6.07) is 14.3. The number of likely N-dealkylation sites (N-methyl/N-ethyl adjacent to an activating group) is 1. The number of carboxylic acids is 1. The van der Waals surface area contributed by atoms with Crippen LogP contribution >= 0.6 is 34.5 Å². The monoisotopic (exact) mass is 999 g/mol. The Labute approximate surface area is 407 Å². The van der Waals surface area contributed by atoms with Crippen molar-refractivity contribution in [2.24, 2.45) is 0 Å². The lowest BCUT2D eigenvalue weighted by molar-refractivity contribution is -0.145. The minimum absolute atomic E-state index is 0.0172. The fraction of sp³-hybridized carbons (Fsp3) is 0.286. The van der Waals surface area contributed by atoms with Crippen LogP contribution in [0.1, 0.15) is 23.2 Å². The molecule has 0 amide bonds. The number of carbonyl (C=O) groups is 1. The van der Waals surface area contributed by atoms with E-state index in [1.165, 1.54) is 36.1 Å². The van der Waals surface area contributed by atoms with Crippen LogP contribution in [0.4, 0.5) is 4.39 Å². The average molecular weight is 1000 g/mol. The molecule has 0 saturated carbocycles. The molecule has 0 aliphatic carbocycles. The van der Waals surface area contributed by atoms with Gasteiger partial charge < -0.3 is 29.0 Å². The predicted octanol–water partition coefficient (Wildman–Crippen LogP) is 10.00. The molecule has 3 aliphatic rings. The first-order valence-corrected chi connectivity index (χ1v) is 25.1. The van der Waals surface area contributed by atoms with Gasteiger partial charge in [-0.15, -0.1) is 11.3 Å². The van der Waals surface area contributed by atoms with Crippen molar-refractivity contribution in [2.45, 2.75) is 44.0 Å². The molecule has 6 aromatic rings. The van der Waals surface area contributed by atoms with Crippen molar-refractivity contribution in [2.75, 3.05) is 52.6 Å². The topological polar surface area (TPSA) is 173 Å². The number of hydrogen-bond donors (Lipinski definition) is 2. The van der Waals surface area contributed by atoms with Crippen molar-refractivity contribution >= 4 is 60.5 Å². The molecule has 1 unspecified atom stereocenters. The van der Waals surface area contributed by atoms with Gasteiger partial charge in [-0.3, -0.25) is 4.90 Å². The summed E-state index contributed by atoms with van der Waals surface area (Å²) in [5.41, 5.74) is 4.19. The number of aromatic nitrogens is 4. The van der Waals surface area contributed by atoms with E-state index in [2.05, 4.69) is 38.4 Å². The van der Waals surface area contributed by atoms with E-state index >= 15 is 0 Å². The van der Waals surface area contributed by atoms with Gasteiger partial charge in [0.2, 0.25) is 12.0 Å². The van der Waals surface area contributed by atoms with Crippen molar-refractivity contribution in [1.82, 2.24) is 29.7 Å². The molecule has 3 aromatic carbocycles. The van der Waals surface area contributed by atoms with E-state index in [1.807, 2.05) is 13.8 Å². The summed E-state index contributed by atoms with van der Waals surface area (Å²) in [6.07, 6.45) is 6.49. The van der Waals surface area contributed by atoms with Crippen LogP contribution in [0.3, 0.4) is 0 Å². The molecule has 3 aromatic heterocycles. The minimum atomic E-state index is -2.92. The number of hydrogen-bond acceptors (Lipinski definition) is 14. The Hall–Kier alpha value is -5.95. The van der Waals surface area contributed by atoms with E-state index in [9.17, 15) is 18.5 Å². The molecule has 3 atom stereocenters. The lowest BCUT2D eigenvalue weighted by Crippen LogP contribution is -2.48. The minimum Gasteiger partial charge on any atom is -0.491 e. The quantitative estimate of drug-likeness (QED) is 0.133. The number of aliphatic carboxylic acids is 1. The van der Waals surface area contributed by atoms with E-state index in [0.717, 1.165) is 26.2 Å². The Morgan fingerprint density at radius 3 is 2.35 bits per heavy atom. The van der Waals surface area contributed by atoms with Crippen molar-refractivity contribution in [3.8, 4) is 44.6 Å². The molecule has 0 spiro atoms. The first-order valence-electron chi connectivity index (χ1n) is 21.5. The van der Waals surface area contributed by atoms with Gasteiger partial charge in [0.1, 0.15) is 47.8 Å². The highest BCUT2D eigenvalue weighted by Gasteiger charge is 2.32. The third-order valence-corrected chi connectivity index (χ3v) is 14.8. The molecule has 1 fully saturated rings. The molecule has 1 saturated heterocycles. The number of carboxylic acid groups (broad SMARTS) is 1. The molecule has 68 heavy (non-hydrogen) atoms. The normalized spacial score (nSPS) is 19.5. The summed E-state index contributed by atoms with van der Waals surface area (Å²) in [7, 11) is -0.838. The summed E-state index contributed by atoms with van der Waals surface area (Å²) >= 11 is 15.9. The van der Waals surface area contributed by atoms with Crippen LogP contribution in [-0.4, -0.2) is 110 Å². The van der Waals surface area contributed by atoms with Gasteiger partial charge in [0.15, 0.2) is 11.6 Å². The molecular formula is C49H48Cl2FN7O7S2. The zero-order chi connectivity index (χ0) is 48.3. The highest BCUT2D eigenvalue weighted by atomic mass is 35.5. The van der Waals surface area contributed by atoms with Gasteiger partial charge in [-0.1, -0.05) is 48.0 Å².